The van der Waals surface area contributed by atoms with E-state index < -0.39 is 0 Å². The van der Waals surface area contributed by atoms with Crippen LogP contribution in [0.15, 0.2) is 221 Å². The first-order chi connectivity index (χ1) is 37.0. The summed E-state index contributed by atoms with van der Waals surface area (Å²) in [4.78, 5) is 4.89. The van der Waals surface area contributed by atoms with Crippen molar-refractivity contribution >= 4 is 154 Å². The smallest absolute Gasteiger partial charge is 0.159 e. The largest absolute Gasteiger partial charge is 0.454 e. The minimum Gasteiger partial charge on any atom is -0.454 e. The SMILES string of the molecule is Cc1ccccc1N(c1cccc2c1oc1ccccc12)c1cccc2c1c1cccc3c4cc5c(cc4n2c31)c1cccc2c3c(N(c4ccccc4C)c4c(C)ccc6c4oc4ccccc46)cccc3n5c12. The van der Waals surface area contributed by atoms with E-state index in [0.29, 0.717) is 0 Å². The number of fused-ring (bicyclic) bond motifs is 18. The predicted octanol–water partition coefficient (Wildman–Crippen LogP) is 19.7. The lowest BCUT2D eigenvalue weighted by Crippen LogP contribution is -2.13. The van der Waals surface area contributed by atoms with E-state index in [1.165, 1.54) is 87.3 Å². The van der Waals surface area contributed by atoms with Crippen molar-refractivity contribution in [2.75, 3.05) is 9.80 Å². The lowest BCUT2D eigenvalue weighted by molar-refractivity contribution is 0.668. The Balaban J connectivity index is 0.930. The van der Waals surface area contributed by atoms with Gasteiger partial charge in [0.25, 0.3) is 0 Å². The van der Waals surface area contributed by atoms with E-state index >= 15 is 0 Å². The highest BCUT2D eigenvalue weighted by atomic mass is 16.3. The van der Waals surface area contributed by atoms with Crippen LogP contribution in [-0.2, 0) is 0 Å². The highest BCUT2D eigenvalue weighted by Gasteiger charge is 2.30. The molecule has 6 heterocycles. The molecular formula is C69H44N4O2. The van der Waals surface area contributed by atoms with Crippen molar-refractivity contribution in [3.05, 3.63) is 229 Å². The molecule has 0 N–H and O–H groups in total. The number of aromatic nitrogens is 2. The summed E-state index contributed by atoms with van der Waals surface area (Å²) < 4.78 is 18.7. The number of aryl methyl sites for hydroxylation is 3. The molecule has 0 saturated carbocycles. The van der Waals surface area contributed by atoms with Crippen molar-refractivity contribution in [2.24, 2.45) is 0 Å². The molecule has 0 radical (unpaired) electrons. The first-order valence-corrected chi connectivity index (χ1v) is 25.8. The second-order valence-corrected chi connectivity index (χ2v) is 20.5. The Labute approximate surface area is 429 Å². The molecular weight excluding hydrogens is 917 g/mol. The second kappa shape index (κ2) is 14.7. The summed E-state index contributed by atoms with van der Waals surface area (Å²) in [5.41, 5.74) is 20.7. The number of hydrogen-bond donors (Lipinski definition) is 0. The lowest BCUT2D eigenvalue weighted by atomic mass is 10.0. The van der Waals surface area contributed by atoms with Crippen molar-refractivity contribution in [3.63, 3.8) is 0 Å². The average Bonchev–Trinajstić information content (AvgIpc) is 4.46. The average molecular weight is 961 g/mol. The molecule has 0 bridgehead atoms. The van der Waals surface area contributed by atoms with Crippen LogP contribution in [0.25, 0.3) is 120 Å². The zero-order chi connectivity index (χ0) is 49.4. The van der Waals surface area contributed by atoms with Gasteiger partial charge in [-0.3, -0.25) is 0 Å². The van der Waals surface area contributed by atoms with E-state index in [9.17, 15) is 0 Å². The number of para-hydroxylation sites is 7. The maximum atomic E-state index is 6.86. The zero-order valence-electron chi connectivity index (χ0n) is 41.3. The van der Waals surface area contributed by atoms with Crippen LogP contribution >= 0.6 is 0 Å². The number of nitrogens with zero attached hydrogens (tertiary/aromatic N) is 4. The molecule has 352 valence electrons. The molecule has 75 heavy (non-hydrogen) atoms. The summed E-state index contributed by atoms with van der Waals surface area (Å²) >= 11 is 0. The zero-order valence-corrected chi connectivity index (χ0v) is 41.3. The monoisotopic (exact) mass is 960 g/mol. The van der Waals surface area contributed by atoms with Gasteiger partial charge in [0.05, 0.1) is 55.8 Å². The molecule has 17 rings (SSSR count). The van der Waals surface area contributed by atoms with Crippen LogP contribution in [0.1, 0.15) is 16.7 Å². The molecule has 0 fully saturated rings. The van der Waals surface area contributed by atoms with Crippen LogP contribution in [0.4, 0.5) is 34.1 Å². The minimum absolute atomic E-state index is 0.871. The van der Waals surface area contributed by atoms with Crippen LogP contribution in [0.3, 0.4) is 0 Å². The third-order valence-electron chi connectivity index (χ3n) is 16.5. The molecule has 6 nitrogen and oxygen atoms in total. The number of anilines is 6. The quantitative estimate of drug-likeness (QED) is 0.167. The van der Waals surface area contributed by atoms with Gasteiger partial charge >= 0.3 is 0 Å². The van der Waals surface area contributed by atoms with Gasteiger partial charge in [-0.15, -0.1) is 0 Å². The van der Waals surface area contributed by atoms with Gasteiger partial charge in [0, 0.05) is 76.0 Å². The van der Waals surface area contributed by atoms with Gasteiger partial charge in [-0.25, -0.2) is 0 Å². The maximum absolute atomic E-state index is 6.86. The highest BCUT2D eigenvalue weighted by molar-refractivity contribution is 6.31. The van der Waals surface area contributed by atoms with Crippen LogP contribution in [0.2, 0.25) is 0 Å². The fourth-order valence-corrected chi connectivity index (χ4v) is 13.3. The maximum Gasteiger partial charge on any atom is 0.159 e. The highest BCUT2D eigenvalue weighted by Crippen LogP contribution is 2.53. The number of hydrogen-bond acceptors (Lipinski definition) is 4. The van der Waals surface area contributed by atoms with Crippen LogP contribution in [0.5, 0.6) is 0 Å². The summed E-state index contributed by atoms with van der Waals surface area (Å²) in [6, 6.07) is 77.5. The van der Waals surface area contributed by atoms with E-state index in [1.807, 2.05) is 6.07 Å². The van der Waals surface area contributed by atoms with Crippen molar-refractivity contribution in [3.8, 4) is 0 Å². The van der Waals surface area contributed by atoms with E-state index in [4.69, 9.17) is 8.83 Å². The summed E-state index contributed by atoms with van der Waals surface area (Å²) in [5.74, 6) is 0. The third-order valence-corrected chi connectivity index (χ3v) is 16.5. The van der Waals surface area contributed by atoms with Gasteiger partial charge in [-0.2, -0.15) is 0 Å². The summed E-state index contributed by atoms with van der Waals surface area (Å²) in [6.07, 6.45) is 0. The summed E-state index contributed by atoms with van der Waals surface area (Å²) in [5, 5.41) is 14.2. The Morgan fingerprint density at radius 2 is 0.720 bits per heavy atom. The van der Waals surface area contributed by atoms with Crippen LogP contribution in [0, 0.1) is 20.8 Å². The number of furan rings is 2. The molecule has 11 aromatic carbocycles. The number of rotatable bonds is 6. The van der Waals surface area contributed by atoms with Gasteiger partial charge in [0.1, 0.15) is 11.2 Å². The van der Waals surface area contributed by atoms with Crippen molar-refractivity contribution < 1.29 is 8.83 Å². The number of benzene rings is 11. The Hall–Kier alpha value is -9.78. The molecule has 0 saturated heterocycles. The summed E-state index contributed by atoms with van der Waals surface area (Å²) in [6.45, 7) is 6.62. The Bertz CT molecular complexity index is 5260. The molecule has 6 heteroatoms. The van der Waals surface area contributed by atoms with E-state index in [-0.39, 0.29) is 0 Å². The third kappa shape index (κ3) is 5.27. The first-order valence-electron chi connectivity index (χ1n) is 25.8. The van der Waals surface area contributed by atoms with E-state index in [1.54, 1.807) is 0 Å². The Morgan fingerprint density at radius 3 is 1.32 bits per heavy atom. The molecule has 0 aliphatic carbocycles. The Morgan fingerprint density at radius 1 is 0.293 bits per heavy atom. The molecule has 0 atom stereocenters. The normalized spacial score (nSPS) is 12.5. The molecule has 6 aromatic heterocycles. The lowest BCUT2D eigenvalue weighted by Gasteiger charge is -2.29. The van der Waals surface area contributed by atoms with E-state index in [0.717, 1.165) is 83.6 Å². The fourth-order valence-electron chi connectivity index (χ4n) is 13.3. The van der Waals surface area contributed by atoms with Crippen LogP contribution < -0.4 is 9.80 Å². The van der Waals surface area contributed by atoms with Crippen molar-refractivity contribution in [1.29, 1.82) is 0 Å². The molecule has 0 aliphatic rings. The molecule has 0 spiro atoms. The topological polar surface area (TPSA) is 41.6 Å². The first kappa shape index (κ1) is 40.8. The second-order valence-electron chi connectivity index (χ2n) is 20.5. The standard InChI is InChI=1S/C69H44N4O2/c1-39-17-4-8-26-52(39)70(58-32-14-23-46-42-19-6-10-33-61(42)74-68(46)58)54-28-15-30-56-63(54)48-24-12-21-44-50-38-60-51(37-59(50)72(56)66(44)48)45-22-13-25-49-64-55(29-16-31-57(64)73(60)67(45)49)71(53-27-9-5-18-40(53)2)65-41(3)35-36-47-43-20-7-11-34-62(43)75-69(47)65/h4-38H,1-3H3. The van der Waals surface area contributed by atoms with Gasteiger partial charge in [0.15, 0.2) is 11.2 Å². The minimum atomic E-state index is 0.871. The molecule has 0 aliphatic heterocycles. The van der Waals surface area contributed by atoms with Crippen LogP contribution in [-0.4, -0.2) is 8.80 Å². The van der Waals surface area contributed by atoms with Gasteiger partial charge in [-0.05, 0) is 104 Å². The van der Waals surface area contributed by atoms with Crippen molar-refractivity contribution in [1.82, 2.24) is 8.80 Å². The van der Waals surface area contributed by atoms with Gasteiger partial charge < -0.3 is 27.4 Å². The van der Waals surface area contributed by atoms with Crippen molar-refractivity contribution in [2.45, 2.75) is 20.8 Å². The molecule has 0 amide bonds. The Kier molecular flexibility index (Phi) is 7.98. The molecule has 17 aromatic rings. The van der Waals surface area contributed by atoms with Gasteiger partial charge in [-0.1, -0.05) is 146 Å². The predicted molar refractivity (Wildman–Crippen MR) is 314 cm³/mol. The van der Waals surface area contributed by atoms with Gasteiger partial charge in [0.2, 0.25) is 0 Å². The fraction of sp³-hybridized carbons (Fsp3) is 0.0435. The van der Waals surface area contributed by atoms with E-state index in [2.05, 4.69) is 246 Å². The summed E-state index contributed by atoms with van der Waals surface area (Å²) in [7, 11) is 0. The molecule has 0 unspecified atom stereocenters.